The predicted molar refractivity (Wildman–Crippen MR) is 124 cm³/mol. The number of amides is 3. The molecule has 0 heterocycles. The maximum Gasteiger partial charge on any atom is 0.315 e. The van der Waals surface area contributed by atoms with E-state index < -0.39 is 38.5 Å². The van der Waals surface area contributed by atoms with E-state index in [4.69, 9.17) is 0 Å². The standard InChI is InChI=1S/C23H22F2N4O4S/c1-15-2-4-16(5-3-15)13-26-23(31)27-14-22(30)28-17-6-8-18(9-7-17)29-34(32,33)19-10-11-20(24)21(25)12-19/h2-12,29H,13-14H2,1H3,(H,28,30)(H2,26,27,31). The van der Waals surface area contributed by atoms with Crippen LogP contribution in [0.5, 0.6) is 0 Å². The molecule has 8 nitrogen and oxygen atoms in total. The number of aryl methyl sites for hydroxylation is 1. The first-order valence-corrected chi connectivity index (χ1v) is 11.6. The largest absolute Gasteiger partial charge is 0.334 e. The minimum absolute atomic E-state index is 0.149. The quantitative estimate of drug-likeness (QED) is 0.388. The van der Waals surface area contributed by atoms with Gasteiger partial charge in [-0.25, -0.2) is 22.0 Å². The average Bonchev–Trinajstić information content (AvgIpc) is 2.80. The molecule has 0 unspecified atom stereocenters. The van der Waals surface area contributed by atoms with Crippen LogP contribution in [-0.4, -0.2) is 26.9 Å². The molecular formula is C23H22F2N4O4S. The summed E-state index contributed by atoms with van der Waals surface area (Å²) in [6.07, 6.45) is 0. The molecule has 0 aliphatic rings. The molecule has 0 saturated heterocycles. The highest BCUT2D eigenvalue weighted by atomic mass is 32.2. The van der Waals surface area contributed by atoms with Crippen LogP contribution in [0.15, 0.2) is 71.6 Å². The van der Waals surface area contributed by atoms with Crippen molar-refractivity contribution in [2.45, 2.75) is 18.4 Å². The fraction of sp³-hybridized carbons (Fsp3) is 0.130. The Balaban J connectivity index is 1.47. The van der Waals surface area contributed by atoms with Gasteiger partial charge in [0, 0.05) is 17.9 Å². The SMILES string of the molecule is Cc1ccc(CNC(=O)NCC(=O)Nc2ccc(NS(=O)(=O)c3ccc(F)c(F)c3)cc2)cc1. The average molecular weight is 489 g/mol. The van der Waals surface area contributed by atoms with E-state index in [0.717, 1.165) is 23.3 Å². The normalized spacial score (nSPS) is 10.9. The molecule has 0 aliphatic heterocycles. The molecule has 4 N–H and O–H groups in total. The minimum atomic E-state index is -4.13. The van der Waals surface area contributed by atoms with Crippen LogP contribution in [0.25, 0.3) is 0 Å². The third-order valence-corrected chi connectivity index (χ3v) is 5.98. The summed E-state index contributed by atoms with van der Waals surface area (Å²) in [5.74, 6) is -2.92. The zero-order valence-electron chi connectivity index (χ0n) is 18.1. The van der Waals surface area contributed by atoms with Crippen molar-refractivity contribution in [3.8, 4) is 0 Å². The summed E-state index contributed by atoms with van der Waals surface area (Å²) in [5, 5.41) is 7.65. The van der Waals surface area contributed by atoms with Crippen LogP contribution in [0.2, 0.25) is 0 Å². The van der Waals surface area contributed by atoms with E-state index in [1.54, 1.807) is 0 Å². The first kappa shape index (κ1) is 24.6. The predicted octanol–water partition coefficient (Wildman–Crippen LogP) is 3.51. The van der Waals surface area contributed by atoms with Crippen LogP contribution >= 0.6 is 0 Å². The van der Waals surface area contributed by atoms with Crippen molar-refractivity contribution < 1.29 is 26.8 Å². The lowest BCUT2D eigenvalue weighted by Gasteiger charge is -2.11. The maximum atomic E-state index is 13.3. The number of rotatable bonds is 8. The molecule has 0 atom stereocenters. The second-order valence-corrected chi connectivity index (χ2v) is 9.01. The van der Waals surface area contributed by atoms with Gasteiger partial charge in [0.2, 0.25) is 5.91 Å². The van der Waals surface area contributed by atoms with E-state index >= 15 is 0 Å². The molecular weight excluding hydrogens is 466 g/mol. The van der Waals surface area contributed by atoms with Gasteiger partial charge in [0.15, 0.2) is 11.6 Å². The van der Waals surface area contributed by atoms with Gasteiger partial charge in [-0.2, -0.15) is 0 Å². The number of hydrogen-bond donors (Lipinski definition) is 4. The topological polar surface area (TPSA) is 116 Å². The zero-order chi connectivity index (χ0) is 24.7. The lowest BCUT2D eigenvalue weighted by Crippen LogP contribution is -2.39. The molecule has 0 aliphatic carbocycles. The van der Waals surface area contributed by atoms with E-state index in [1.165, 1.54) is 24.3 Å². The Morgan fingerprint density at radius 3 is 2.12 bits per heavy atom. The molecule has 0 fully saturated rings. The Labute approximate surface area is 195 Å². The van der Waals surface area contributed by atoms with Crippen LogP contribution in [0, 0.1) is 18.6 Å². The lowest BCUT2D eigenvalue weighted by molar-refractivity contribution is -0.115. The third-order valence-electron chi connectivity index (χ3n) is 4.61. The van der Waals surface area contributed by atoms with Crippen LogP contribution in [0.3, 0.4) is 0 Å². The number of carbonyl (C=O) groups excluding carboxylic acids is 2. The molecule has 0 radical (unpaired) electrons. The van der Waals surface area contributed by atoms with E-state index in [2.05, 4.69) is 20.7 Å². The fourth-order valence-electron chi connectivity index (χ4n) is 2.80. The highest BCUT2D eigenvalue weighted by Crippen LogP contribution is 2.20. The van der Waals surface area contributed by atoms with Gasteiger partial charge in [-0.3, -0.25) is 9.52 Å². The van der Waals surface area contributed by atoms with Crippen LogP contribution in [0.4, 0.5) is 25.0 Å². The molecule has 0 spiro atoms. The summed E-state index contributed by atoms with van der Waals surface area (Å²) < 4.78 is 53.2. The number of benzene rings is 3. The number of carbonyl (C=O) groups is 2. The number of hydrogen-bond acceptors (Lipinski definition) is 4. The summed E-state index contributed by atoms with van der Waals surface area (Å²) in [4.78, 5) is 23.5. The third kappa shape index (κ3) is 7.01. The number of anilines is 2. The summed E-state index contributed by atoms with van der Waals surface area (Å²) in [6.45, 7) is 2.00. The monoisotopic (exact) mass is 488 g/mol. The molecule has 3 aromatic rings. The number of sulfonamides is 1. The summed E-state index contributed by atoms with van der Waals surface area (Å²) in [7, 11) is -4.13. The Bertz CT molecular complexity index is 1280. The summed E-state index contributed by atoms with van der Waals surface area (Å²) in [6, 6.07) is 15.0. The minimum Gasteiger partial charge on any atom is -0.334 e. The van der Waals surface area contributed by atoms with Crippen molar-refractivity contribution >= 4 is 33.3 Å². The van der Waals surface area contributed by atoms with Crippen LogP contribution in [0.1, 0.15) is 11.1 Å². The van der Waals surface area contributed by atoms with Crippen molar-refractivity contribution in [2.75, 3.05) is 16.6 Å². The molecule has 0 aromatic heterocycles. The molecule has 3 amide bonds. The maximum absolute atomic E-state index is 13.3. The second-order valence-electron chi connectivity index (χ2n) is 7.33. The summed E-state index contributed by atoms with van der Waals surface area (Å²) in [5.41, 5.74) is 2.54. The lowest BCUT2D eigenvalue weighted by atomic mass is 10.1. The van der Waals surface area contributed by atoms with Gasteiger partial charge >= 0.3 is 6.03 Å². The van der Waals surface area contributed by atoms with Crippen LogP contribution < -0.4 is 20.7 Å². The van der Waals surface area contributed by atoms with Crippen molar-refractivity contribution in [1.82, 2.24) is 10.6 Å². The van der Waals surface area contributed by atoms with E-state index in [1.807, 2.05) is 31.2 Å². The summed E-state index contributed by atoms with van der Waals surface area (Å²) >= 11 is 0. The van der Waals surface area contributed by atoms with Gasteiger partial charge in [0.25, 0.3) is 10.0 Å². The molecule has 3 rings (SSSR count). The molecule has 11 heteroatoms. The Morgan fingerprint density at radius 1 is 0.824 bits per heavy atom. The van der Waals surface area contributed by atoms with Gasteiger partial charge in [-0.15, -0.1) is 0 Å². The molecule has 0 bridgehead atoms. The van der Waals surface area contributed by atoms with Gasteiger partial charge in [0.05, 0.1) is 11.4 Å². The van der Waals surface area contributed by atoms with Crippen LogP contribution in [-0.2, 0) is 21.4 Å². The Morgan fingerprint density at radius 2 is 1.47 bits per heavy atom. The number of urea groups is 1. The van der Waals surface area contributed by atoms with Gasteiger partial charge in [-0.05, 0) is 55.0 Å². The van der Waals surface area contributed by atoms with E-state index in [-0.39, 0.29) is 12.2 Å². The highest BCUT2D eigenvalue weighted by molar-refractivity contribution is 7.92. The molecule has 178 valence electrons. The Hall–Kier alpha value is -3.99. The van der Waals surface area contributed by atoms with Crippen molar-refractivity contribution in [3.05, 3.63) is 89.5 Å². The molecule has 34 heavy (non-hydrogen) atoms. The van der Waals surface area contributed by atoms with Gasteiger partial charge in [0.1, 0.15) is 0 Å². The van der Waals surface area contributed by atoms with Crippen molar-refractivity contribution in [1.29, 1.82) is 0 Å². The first-order chi connectivity index (χ1) is 16.1. The van der Waals surface area contributed by atoms with Gasteiger partial charge in [-0.1, -0.05) is 29.8 Å². The number of nitrogens with one attached hydrogen (secondary N) is 4. The van der Waals surface area contributed by atoms with E-state index in [9.17, 15) is 26.8 Å². The Kier molecular flexibility index (Phi) is 7.79. The number of halogens is 2. The van der Waals surface area contributed by atoms with Crippen molar-refractivity contribution in [3.63, 3.8) is 0 Å². The van der Waals surface area contributed by atoms with E-state index in [0.29, 0.717) is 18.3 Å². The second kappa shape index (κ2) is 10.8. The molecule has 0 saturated carbocycles. The smallest absolute Gasteiger partial charge is 0.315 e. The zero-order valence-corrected chi connectivity index (χ0v) is 18.9. The van der Waals surface area contributed by atoms with Crippen molar-refractivity contribution in [2.24, 2.45) is 0 Å². The first-order valence-electron chi connectivity index (χ1n) is 10.1. The highest BCUT2D eigenvalue weighted by Gasteiger charge is 2.17. The fourth-order valence-corrected chi connectivity index (χ4v) is 3.87. The molecule has 3 aromatic carbocycles. The van der Waals surface area contributed by atoms with Gasteiger partial charge < -0.3 is 16.0 Å².